The zero-order valence-electron chi connectivity index (χ0n) is 14.2. The standard InChI is InChI=1S/C18H23FN4O2/c19-15-5-3-14(4-6-15)18-20-17(25-21-18)13-23-7-1-2-16(23)12-22-8-10-24-11-9-22/h3-6,16H,1-2,7-13H2. The first-order valence-electron chi connectivity index (χ1n) is 8.90. The first kappa shape index (κ1) is 16.6. The van der Waals surface area contributed by atoms with Gasteiger partial charge in [0.15, 0.2) is 0 Å². The van der Waals surface area contributed by atoms with E-state index in [1.54, 1.807) is 12.1 Å². The molecule has 0 spiro atoms. The molecule has 1 aromatic heterocycles. The molecule has 6 nitrogen and oxygen atoms in total. The number of halogens is 1. The highest BCUT2D eigenvalue weighted by Gasteiger charge is 2.28. The molecule has 1 unspecified atom stereocenters. The van der Waals surface area contributed by atoms with Gasteiger partial charge in [0.25, 0.3) is 0 Å². The quantitative estimate of drug-likeness (QED) is 0.827. The number of rotatable bonds is 5. The van der Waals surface area contributed by atoms with Gasteiger partial charge >= 0.3 is 0 Å². The summed E-state index contributed by atoms with van der Waals surface area (Å²) in [7, 11) is 0. The number of morpholine rings is 1. The van der Waals surface area contributed by atoms with Crippen LogP contribution in [0.3, 0.4) is 0 Å². The van der Waals surface area contributed by atoms with Crippen LogP contribution in [0.2, 0.25) is 0 Å². The molecule has 134 valence electrons. The lowest BCUT2D eigenvalue weighted by atomic mass is 10.2. The maximum Gasteiger partial charge on any atom is 0.241 e. The average Bonchev–Trinajstić information content (AvgIpc) is 3.27. The van der Waals surface area contributed by atoms with Gasteiger partial charge in [-0.05, 0) is 43.7 Å². The van der Waals surface area contributed by atoms with Crippen molar-refractivity contribution in [3.63, 3.8) is 0 Å². The van der Waals surface area contributed by atoms with Crippen LogP contribution in [0.1, 0.15) is 18.7 Å². The van der Waals surface area contributed by atoms with E-state index in [2.05, 4.69) is 19.9 Å². The largest absolute Gasteiger partial charge is 0.379 e. The smallest absolute Gasteiger partial charge is 0.241 e. The summed E-state index contributed by atoms with van der Waals surface area (Å²) in [5.74, 6) is 0.864. The first-order valence-corrected chi connectivity index (χ1v) is 8.90. The number of hydrogen-bond donors (Lipinski definition) is 0. The first-order chi connectivity index (χ1) is 12.3. The Morgan fingerprint density at radius 3 is 2.72 bits per heavy atom. The lowest BCUT2D eigenvalue weighted by molar-refractivity contribution is 0.0254. The van der Waals surface area contributed by atoms with Crippen molar-refractivity contribution in [3.8, 4) is 11.4 Å². The summed E-state index contributed by atoms with van der Waals surface area (Å²) in [4.78, 5) is 9.38. The van der Waals surface area contributed by atoms with Crippen molar-refractivity contribution in [2.45, 2.75) is 25.4 Å². The van der Waals surface area contributed by atoms with Crippen LogP contribution in [-0.2, 0) is 11.3 Å². The molecule has 25 heavy (non-hydrogen) atoms. The number of hydrogen-bond acceptors (Lipinski definition) is 6. The van der Waals surface area contributed by atoms with Crippen molar-refractivity contribution in [2.75, 3.05) is 39.4 Å². The van der Waals surface area contributed by atoms with E-state index in [0.29, 0.717) is 24.3 Å². The van der Waals surface area contributed by atoms with E-state index in [4.69, 9.17) is 9.26 Å². The number of nitrogens with zero attached hydrogens (tertiary/aromatic N) is 4. The zero-order chi connectivity index (χ0) is 17.1. The molecule has 2 aromatic rings. The molecule has 0 saturated carbocycles. The van der Waals surface area contributed by atoms with Gasteiger partial charge < -0.3 is 9.26 Å². The van der Waals surface area contributed by atoms with Gasteiger partial charge in [-0.2, -0.15) is 4.98 Å². The van der Waals surface area contributed by atoms with Crippen LogP contribution >= 0.6 is 0 Å². The molecule has 1 atom stereocenters. The minimum atomic E-state index is -0.268. The number of ether oxygens (including phenoxy) is 1. The van der Waals surface area contributed by atoms with Crippen LogP contribution in [0, 0.1) is 5.82 Å². The lowest BCUT2D eigenvalue weighted by Gasteiger charge is -2.32. The molecule has 0 amide bonds. The van der Waals surface area contributed by atoms with Crippen molar-refractivity contribution in [1.82, 2.24) is 19.9 Å². The molecule has 1 aromatic carbocycles. The molecule has 2 saturated heterocycles. The predicted octanol–water partition coefficient (Wildman–Crippen LogP) is 2.17. The van der Waals surface area contributed by atoms with Crippen LogP contribution in [0.5, 0.6) is 0 Å². The Balaban J connectivity index is 1.38. The summed E-state index contributed by atoms with van der Waals surface area (Å²) in [5, 5.41) is 4.04. The fraction of sp³-hybridized carbons (Fsp3) is 0.556. The minimum Gasteiger partial charge on any atom is -0.379 e. The highest BCUT2D eigenvalue weighted by Crippen LogP contribution is 2.22. The van der Waals surface area contributed by atoms with Gasteiger partial charge in [0.05, 0.1) is 19.8 Å². The normalized spacial score (nSPS) is 22.5. The minimum absolute atomic E-state index is 0.268. The van der Waals surface area contributed by atoms with Gasteiger partial charge in [0.2, 0.25) is 11.7 Å². The highest BCUT2D eigenvalue weighted by atomic mass is 19.1. The van der Waals surface area contributed by atoms with E-state index < -0.39 is 0 Å². The van der Waals surface area contributed by atoms with Gasteiger partial charge in [-0.3, -0.25) is 9.80 Å². The second-order valence-electron chi connectivity index (χ2n) is 6.70. The Labute approximate surface area is 146 Å². The van der Waals surface area contributed by atoms with E-state index in [9.17, 15) is 4.39 Å². The highest BCUT2D eigenvalue weighted by molar-refractivity contribution is 5.53. The Hall–Kier alpha value is -1.83. The molecule has 3 heterocycles. The second-order valence-corrected chi connectivity index (χ2v) is 6.70. The molecule has 0 bridgehead atoms. The summed E-state index contributed by atoms with van der Waals surface area (Å²) in [6.45, 7) is 6.49. The molecule has 0 aliphatic carbocycles. The number of likely N-dealkylation sites (tertiary alicyclic amines) is 1. The van der Waals surface area contributed by atoms with Crippen molar-refractivity contribution in [1.29, 1.82) is 0 Å². The lowest BCUT2D eigenvalue weighted by Crippen LogP contribution is -2.44. The third-order valence-electron chi connectivity index (χ3n) is 4.98. The van der Waals surface area contributed by atoms with Crippen LogP contribution in [0.4, 0.5) is 4.39 Å². The Bertz CT molecular complexity index is 685. The Morgan fingerprint density at radius 1 is 1.12 bits per heavy atom. The summed E-state index contributed by atoms with van der Waals surface area (Å²) >= 11 is 0. The van der Waals surface area contributed by atoms with Crippen LogP contribution in [-0.4, -0.2) is 65.4 Å². The second kappa shape index (κ2) is 7.59. The predicted molar refractivity (Wildman–Crippen MR) is 90.4 cm³/mol. The summed E-state index contributed by atoms with van der Waals surface area (Å²) in [5.41, 5.74) is 0.766. The van der Waals surface area contributed by atoms with E-state index in [1.165, 1.54) is 25.0 Å². The molecule has 2 aliphatic heterocycles. The number of aromatic nitrogens is 2. The molecule has 0 radical (unpaired) electrons. The van der Waals surface area contributed by atoms with Gasteiger partial charge in [-0.25, -0.2) is 4.39 Å². The summed E-state index contributed by atoms with van der Waals surface area (Å²) in [6, 6.07) is 6.68. The van der Waals surface area contributed by atoms with E-state index in [0.717, 1.165) is 45.0 Å². The fourth-order valence-electron chi connectivity index (χ4n) is 3.60. The summed E-state index contributed by atoms with van der Waals surface area (Å²) < 4.78 is 23.9. The van der Waals surface area contributed by atoms with Crippen molar-refractivity contribution >= 4 is 0 Å². The molecule has 2 aliphatic rings. The monoisotopic (exact) mass is 346 g/mol. The average molecular weight is 346 g/mol. The van der Waals surface area contributed by atoms with E-state index >= 15 is 0 Å². The Kier molecular flexibility index (Phi) is 5.05. The topological polar surface area (TPSA) is 54.6 Å². The molecule has 2 fully saturated rings. The molecular formula is C18H23FN4O2. The molecule has 0 N–H and O–H groups in total. The fourth-order valence-corrected chi connectivity index (χ4v) is 3.60. The van der Waals surface area contributed by atoms with Gasteiger partial charge in [0, 0.05) is 31.2 Å². The maximum absolute atomic E-state index is 13.0. The number of benzene rings is 1. The van der Waals surface area contributed by atoms with Gasteiger partial charge in [0.1, 0.15) is 5.82 Å². The van der Waals surface area contributed by atoms with Crippen molar-refractivity contribution in [3.05, 3.63) is 36.0 Å². The SMILES string of the molecule is Fc1ccc(-c2noc(CN3CCCC3CN3CCOCC3)n2)cc1. The zero-order valence-corrected chi connectivity index (χ0v) is 14.2. The van der Waals surface area contributed by atoms with Crippen LogP contribution < -0.4 is 0 Å². The van der Waals surface area contributed by atoms with Crippen LogP contribution in [0.25, 0.3) is 11.4 Å². The van der Waals surface area contributed by atoms with Gasteiger partial charge in [-0.1, -0.05) is 5.16 Å². The van der Waals surface area contributed by atoms with Crippen LogP contribution in [0.15, 0.2) is 28.8 Å². The maximum atomic E-state index is 13.0. The van der Waals surface area contributed by atoms with E-state index in [-0.39, 0.29) is 5.82 Å². The molecule has 4 rings (SSSR count). The van der Waals surface area contributed by atoms with Gasteiger partial charge in [-0.15, -0.1) is 0 Å². The van der Waals surface area contributed by atoms with Crippen molar-refractivity contribution in [2.24, 2.45) is 0 Å². The molecular weight excluding hydrogens is 323 g/mol. The summed E-state index contributed by atoms with van der Waals surface area (Å²) in [6.07, 6.45) is 2.41. The third-order valence-corrected chi connectivity index (χ3v) is 4.98. The molecule has 7 heteroatoms. The van der Waals surface area contributed by atoms with Crippen molar-refractivity contribution < 1.29 is 13.7 Å². The third kappa shape index (κ3) is 4.05. The Morgan fingerprint density at radius 2 is 1.92 bits per heavy atom. The van der Waals surface area contributed by atoms with E-state index in [1.807, 2.05) is 0 Å².